The molecule has 3 rings (SSSR count). The topological polar surface area (TPSA) is 123 Å². The van der Waals surface area contributed by atoms with Crippen LogP contribution in [0.3, 0.4) is 0 Å². The van der Waals surface area contributed by atoms with Gasteiger partial charge in [0, 0.05) is 38.4 Å². The molecule has 1 aromatic rings. The number of carbonyl (C=O) groups is 2. The third kappa shape index (κ3) is 5.20. The van der Waals surface area contributed by atoms with Gasteiger partial charge in [0.25, 0.3) is 5.56 Å². The lowest BCUT2D eigenvalue weighted by Gasteiger charge is -2.16. The molecular formula is C19H28N4O6S. The fourth-order valence-corrected chi connectivity index (χ4v) is 4.82. The highest BCUT2D eigenvalue weighted by atomic mass is 32.2. The van der Waals surface area contributed by atoms with E-state index in [2.05, 4.69) is 10.3 Å². The van der Waals surface area contributed by atoms with Gasteiger partial charge >= 0.3 is 5.69 Å². The number of likely N-dealkylation sites (N-methyl/N-ethyl adjacent to an activating group) is 1. The van der Waals surface area contributed by atoms with Crippen LogP contribution in [0.25, 0.3) is 0 Å². The Labute approximate surface area is 178 Å². The first-order valence-electron chi connectivity index (χ1n) is 10.0. The molecule has 3 heterocycles. The highest BCUT2D eigenvalue weighted by molar-refractivity contribution is 8.00. The molecule has 0 bridgehead atoms. The number of likely N-dealkylation sites (tertiary alicyclic amines) is 1. The maximum atomic E-state index is 12.4. The molecule has 3 unspecified atom stereocenters. The molecule has 2 aliphatic heterocycles. The van der Waals surface area contributed by atoms with E-state index in [-0.39, 0.29) is 24.3 Å². The molecule has 2 amide bonds. The number of nitrogens with one attached hydrogen (secondary N) is 2. The van der Waals surface area contributed by atoms with Crippen LogP contribution in [0.2, 0.25) is 0 Å². The summed E-state index contributed by atoms with van der Waals surface area (Å²) < 4.78 is 12.4. The standard InChI is InChI=1S/C19H28N4O6S/c1-20-6-7-22-15(24)9-14(18(22)26)30-8-5-12-10-23(19(27)21-17(12)25)16-4-3-13(29-16)11-28-2/h10,13-14,16,20H,3-9,11H2,1-2H3,(H,21,25,27). The van der Waals surface area contributed by atoms with Crippen LogP contribution in [0, 0.1) is 0 Å². The Morgan fingerprint density at radius 3 is 2.83 bits per heavy atom. The Bertz CT molecular complexity index is 885. The van der Waals surface area contributed by atoms with Gasteiger partial charge in [0.2, 0.25) is 11.8 Å². The van der Waals surface area contributed by atoms with E-state index in [1.54, 1.807) is 20.4 Å². The van der Waals surface area contributed by atoms with Crippen LogP contribution in [0.15, 0.2) is 15.8 Å². The van der Waals surface area contributed by atoms with Gasteiger partial charge in [-0.2, -0.15) is 0 Å². The minimum Gasteiger partial charge on any atom is -0.382 e. The average Bonchev–Trinajstić information content (AvgIpc) is 3.27. The first kappa shape index (κ1) is 22.7. The van der Waals surface area contributed by atoms with Gasteiger partial charge in [0.05, 0.1) is 18.0 Å². The number of carbonyl (C=O) groups excluding carboxylic acids is 2. The zero-order valence-corrected chi connectivity index (χ0v) is 18.0. The molecule has 2 aliphatic rings. The summed E-state index contributed by atoms with van der Waals surface area (Å²) >= 11 is 1.37. The second kappa shape index (κ2) is 10.4. The van der Waals surface area contributed by atoms with Crippen molar-refractivity contribution in [2.24, 2.45) is 0 Å². The maximum Gasteiger partial charge on any atom is 0.330 e. The predicted octanol–water partition coefficient (Wildman–Crippen LogP) is -0.517. The van der Waals surface area contributed by atoms with E-state index in [1.807, 2.05) is 0 Å². The van der Waals surface area contributed by atoms with Gasteiger partial charge in [-0.05, 0) is 32.1 Å². The number of methoxy groups -OCH3 is 1. The van der Waals surface area contributed by atoms with Gasteiger partial charge in [-0.1, -0.05) is 0 Å². The zero-order chi connectivity index (χ0) is 21.7. The minimum absolute atomic E-state index is 0.0744. The normalized spacial score (nSPS) is 24.2. The Balaban J connectivity index is 1.60. The van der Waals surface area contributed by atoms with E-state index in [0.29, 0.717) is 43.9 Å². The van der Waals surface area contributed by atoms with Crippen LogP contribution in [0.5, 0.6) is 0 Å². The number of nitrogens with zero attached hydrogens (tertiary/aromatic N) is 2. The fraction of sp³-hybridized carbons (Fsp3) is 0.684. The van der Waals surface area contributed by atoms with Crippen molar-refractivity contribution in [2.75, 3.05) is 39.6 Å². The Morgan fingerprint density at radius 1 is 1.30 bits per heavy atom. The number of rotatable bonds is 10. The summed E-state index contributed by atoms with van der Waals surface area (Å²) in [6.45, 7) is 1.37. The summed E-state index contributed by atoms with van der Waals surface area (Å²) in [6, 6.07) is 0. The quantitative estimate of drug-likeness (QED) is 0.466. The number of thioether (sulfide) groups is 1. The van der Waals surface area contributed by atoms with E-state index in [1.165, 1.54) is 21.2 Å². The number of hydrogen-bond acceptors (Lipinski definition) is 8. The second-order valence-electron chi connectivity index (χ2n) is 7.37. The van der Waals surface area contributed by atoms with Crippen LogP contribution in [-0.4, -0.2) is 77.2 Å². The van der Waals surface area contributed by atoms with E-state index in [9.17, 15) is 19.2 Å². The molecule has 2 saturated heterocycles. The minimum atomic E-state index is -0.504. The lowest BCUT2D eigenvalue weighted by molar-refractivity contribution is -0.138. The molecule has 0 radical (unpaired) electrons. The molecule has 1 aromatic heterocycles. The van der Waals surface area contributed by atoms with Crippen molar-refractivity contribution in [2.45, 2.75) is 43.3 Å². The van der Waals surface area contributed by atoms with Gasteiger partial charge < -0.3 is 14.8 Å². The molecule has 30 heavy (non-hydrogen) atoms. The molecule has 2 fully saturated rings. The first-order chi connectivity index (χ1) is 14.4. The van der Waals surface area contributed by atoms with Gasteiger partial charge in [-0.15, -0.1) is 11.8 Å². The van der Waals surface area contributed by atoms with Gasteiger partial charge in [-0.25, -0.2) is 4.79 Å². The Hall–Kier alpha value is -1.95. The van der Waals surface area contributed by atoms with Crippen LogP contribution in [0.4, 0.5) is 0 Å². The van der Waals surface area contributed by atoms with E-state index >= 15 is 0 Å². The van der Waals surface area contributed by atoms with Crippen molar-refractivity contribution in [1.82, 2.24) is 19.8 Å². The van der Waals surface area contributed by atoms with E-state index in [4.69, 9.17) is 9.47 Å². The molecule has 0 saturated carbocycles. The van der Waals surface area contributed by atoms with Crippen molar-refractivity contribution in [3.8, 4) is 0 Å². The number of amides is 2. The maximum absolute atomic E-state index is 12.4. The summed E-state index contributed by atoms with van der Waals surface area (Å²) in [4.78, 5) is 52.5. The molecule has 2 N–H and O–H groups in total. The summed E-state index contributed by atoms with van der Waals surface area (Å²) in [7, 11) is 3.36. The molecular weight excluding hydrogens is 412 g/mol. The van der Waals surface area contributed by atoms with E-state index in [0.717, 1.165) is 6.42 Å². The monoisotopic (exact) mass is 440 g/mol. The number of H-pyrrole nitrogens is 1. The van der Waals surface area contributed by atoms with Crippen molar-refractivity contribution < 1.29 is 19.1 Å². The summed E-state index contributed by atoms with van der Waals surface area (Å²) in [5.74, 6) is 0.147. The van der Waals surface area contributed by atoms with Crippen LogP contribution in [-0.2, 0) is 25.5 Å². The average molecular weight is 441 g/mol. The lowest BCUT2D eigenvalue weighted by Crippen LogP contribution is -2.36. The second-order valence-corrected chi connectivity index (χ2v) is 8.68. The Kier molecular flexibility index (Phi) is 7.87. The smallest absolute Gasteiger partial charge is 0.330 e. The lowest BCUT2D eigenvalue weighted by atomic mass is 10.2. The molecule has 3 atom stereocenters. The number of aromatic amines is 1. The molecule has 0 aliphatic carbocycles. The van der Waals surface area contributed by atoms with Crippen molar-refractivity contribution in [1.29, 1.82) is 0 Å². The largest absolute Gasteiger partial charge is 0.382 e. The molecule has 166 valence electrons. The molecule has 0 aromatic carbocycles. The van der Waals surface area contributed by atoms with Gasteiger partial charge in [0.15, 0.2) is 0 Å². The summed E-state index contributed by atoms with van der Waals surface area (Å²) in [5.41, 5.74) is -0.492. The van der Waals surface area contributed by atoms with Crippen molar-refractivity contribution in [3.63, 3.8) is 0 Å². The SMILES string of the molecule is CNCCN1C(=O)CC(SCCc2cn(C3CCC(COC)O3)c(=O)[nH]c2=O)C1=O. The third-order valence-corrected chi connectivity index (χ3v) is 6.48. The van der Waals surface area contributed by atoms with Crippen LogP contribution >= 0.6 is 11.8 Å². The Morgan fingerprint density at radius 2 is 2.10 bits per heavy atom. The first-order valence-corrected chi connectivity index (χ1v) is 11.1. The summed E-state index contributed by atoms with van der Waals surface area (Å²) in [5, 5.41) is 2.50. The van der Waals surface area contributed by atoms with Gasteiger partial charge in [0.1, 0.15) is 6.23 Å². The number of imide groups is 1. The number of hydrogen-bond donors (Lipinski definition) is 2. The predicted molar refractivity (Wildman–Crippen MR) is 112 cm³/mol. The zero-order valence-electron chi connectivity index (χ0n) is 17.2. The molecule has 10 nitrogen and oxygen atoms in total. The third-order valence-electron chi connectivity index (χ3n) is 5.27. The molecule has 0 spiro atoms. The highest BCUT2D eigenvalue weighted by Gasteiger charge is 2.38. The van der Waals surface area contributed by atoms with E-state index < -0.39 is 22.7 Å². The highest BCUT2D eigenvalue weighted by Crippen LogP contribution is 2.28. The molecule has 11 heteroatoms. The van der Waals surface area contributed by atoms with Crippen molar-refractivity contribution >= 4 is 23.6 Å². The number of aromatic nitrogens is 2. The summed E-state index contributed by atoms with van der Waals surface area (Å²) in [6.07, 6.45) is 3.03. The van der Waals surface area contributed by atoms with Crippen LogP contribution < -0.4 is 16.6 Å². The number of aryl methyl sites for hydroxylation is 1. The number of ether oxygens (including phenoxy) is 2. The fourth-order valence-electron chi connectivity index (χ4n) is 3.67. The van der Waals surface area contributed by atoms with Crippen molar-refractivity contribution in [3.05, 3.63) is 32.6 Å². The van der Waals surface area contributed by atoms with Crippen LogP contribution in [0.1, 0.15) is 31.1 Å². The van der Waals surface area contributed by atoms with Gasteiger partial charge in [-0.3, -0.25) is 28.8 Å².